The number of aromatic hydroxyl groups is 1. The second kappa shape index (κ2) is 6.87. The average Bonchev–Trinajstić information content (AvgIpc) is 3.31. The van der Waals surface area contributed by atoms with Crippen molar-refractivity contribution in [2.45, 2.75) is 14.3 Å². The predicted octanol–water partition coefficient (Wildman–Crippen LogP) is 3.69. The van der Waals surface area contributed by atoms with Crippen LogP contribution in [0.25, 0.3) is 10.8 Å². The Bertz CT molecular complexity index is 1220. The van der Waals surface area contributed by atoms with Crippen molar-refractivity contribution in [1.82, 2.24) is 14.8 Å². The van der Waals surface area contributed by atoms with Gasteiger partial charge in [-0.3, -0.25) is 9.40 Å². The summed E-state index contributed by atoms with van der Waals surface area (Å²) >= 11 is 2.30. The molecule has 2 N–H and O–H groups in total. The van der Waals surface area contributed by atoms with Gasteiger partial charge in [-0.1, -0.05) is 30.3 Å². The highest BCUT2D eigenvalue weighted by molar-refractivity contribution is 7.99. The number of sulfonamides is 1. The Labute approximate surface area is 163 Å². The van der Waals surface area contributed by atoms with E-state index in [2.05, 4.69) is 14.8 Å². The van der Waals surface area contributed by atoms with Crippen LogP contribution in [0.5, 0.6) is 5.75 Å². The minimum absolute atomic E-state index is 0.0575. The van der Waals surface area contributed by atoms with Gasteiger partial charge in [0.05, 0.1) is 10.6 Å². The van der Waals surface area contributed by atoms with E-state index in [-0.39, 0.29) is 9.96 Å². The van der Waals surface area contributed by atoms with Gasteiger partial charge in [-0.05, 0) is 29.3 Å². The van der Waals surface area contributed by atoms with E-state index >= 15 is 0 Å². The van der Waals surface area contributed by atoms with Crippen LogP contribution in [0, 0.1) is 0 Å². The van der Waals surface area contributed by atoms with E-state index < -0.39 is 10.0 Å². The van der Waals surface area contributed by atoms with E-state index in [0.717, 1.165) is 23.1 Å². The third-order valence-electron chi connectivity index (χ3n) is 3.77. The van der Waals surface area contributed by atoms with Crippen LogP contribution in [0.4, 0.5) is 5.69 Å². The molecule has 0 saturated carbocycles. The van der Waals surface area contributed by atoms with Gasteiger partial charge in [-0.15, -0.1) is 16.4 Å². The van der Waals surface area contributed by atoms with E-state index in [0.29, 0.717) is 26.5 Å². The Balaban J connectivity index is 1.83. The van der Waals surface area contributed by atoms with Gasteiger partial charge < -0.3 is 5.11 Å². The molecule has 0 saturated heterocycles. The van der Waals surface area contributed by atoms with E-state index in [4.69, 9.17) is 0 Å². The second-order valence-electron chi connectivity index (χ2n) is 5.66. The van der Waals surface area contributed by atoms with Gasteiger partial charge in [-0.2, -0.15) is 0 Å². The molecule has 10 heteroatoms. The fourth-order valence-corrected chi connectivity index (χ4v) is 5.49. The van der Waals surface area contributed by atoms with Gasteiger partial charge in [0.25, 0.3) is 10.0 Å². The molecule has 0 fully saturated rings. The molecule has 2 heterocycles. The minimum Gasteiger partial charge on any atom is -0.506 e. The number of nitrogens with zero attached hydrogens (tertiary/aromatic N) is 3. The standard InChI is InChI=1S/C17H14N4O3S3/c1-21-10-18-17(19-21)26-14-9-13(11-5-2-3-6-12(11)16(14)22)20-27(23,24)15-7-4-8-25-15/h2-10,20,22H,1H3. The molecule has 2 aromatic heterocycles. The lowest BCUT2D eigenvalue weighted by Crippen LogP contribution is -2.11. The molecular weight excluding hydrogens is 404 g/mol. The fourth-order valence-electron chi connectivity index (χ4n) is 2.57. The molecule has 4 aromatic rings. The topological polar surface area (TPSA) is 97.1 Å². The highest BCUT2D eigenvalue weighted by atomic mass is 32.2. The third-order valence-corrected chi connectivity index (χ3v) is 7.43. The molecule has 0 unspecified atom stereocenters. The molecule has 4 rings (SSSR count). The van der Waals surface area contributed by atoms with Crippen LogP contribution in [0.15, 0.2) is 68.4 Å². The summed E-state index contributed by atoms with van der Waals surface area (Å²) in [5.74, 6) is 0.0575. The van der Waals surface area contributed by atoms with Crippen LogP contribution in [0.2, 0.25) is 0 Å². The molecule has 0 radical (unpaired) electrons. The molecule has 7 nitrogen and oxygen atoms in total. The lowest BCUT2D eigenvalue weighted by molar-refractivity contribution is 0.469. The summed E-state index contributed by atoms with van der Waals surface area (Å²) in [5, 5.41) is 18.2. The fraction of sp³-hybridized carbons (Fsp3) is 0.0588. The van der Waals surface area contributed by atoms with Crippen LogP contribution in [0.3, 0.4) is 0 Å². The zero-order valence-electron chi connectivity index (χ0n) is 14.0. The van der Waals surface area contributed by atoms with Gasteiger partial charge in [0.15, 0.2) is 0 Å². The SMILES string of the molecule is Cn1cnc(Sc2cc(NS(=O)(=O)c3cccs3)c3ccccc3c2O)n1. The number of thiophene rings is 1. The summed E-state index contributed by atoms with van der Waals surface area (Å²) in [7, 11) is -1.97. The summed E-state index contributed by atoms with van der Waals surface area (Å²) in [5.41, 5.74) is 0.384. The zero-order valence-corrected chi connectivity index (χ0v) is 16.5. The number of phenolic OH excluding ortho intramolecular Hbond substituents is 1. The molecular formula is C17H14N4O3S3. The molecule has 0 aliphatic carbocycles. The first-order chi connectivity index (χ1) is 12.9. The first-order valence-corrected chi connectivity index (χ1v) is 11.0. The van der Waals surface area contributed by atoms with E-state index in [1.165, 1.54) is 0 Å². The van der Waals surface area contributed by atoms with Gasteiger partial charge >= 0.3 is 0 Å². The van der Waals surface area contributed by atoms with Crippen LogP contribution in [-0.2, 0) is 17.1 Å². The first-order valence-electron chi connectivity index (χ1n) is 7.78. The second-order valence-corrected chi connectivity index (χ2v) is 9.52. The molecule has 27 heavy (non-hydrogen) atoms. The van der Waals surface area contributed by atoms with Crippen molar-refractivity contribution in [3.8, 4) is 5.75 Å². The molecule has 0 atom stereocenters. The Morgan fingerprint density at radius 3 is 2.63 bits per heavy atom. The first kappa shape index (κ1) is 17.8. The van der Waals surface area contributed by atoms with Crippen LogP contribution < -0.4 is 4.72 Å². The molecule has 0 aliphatic heterocycles. The third kappa shape index (κ3) is 3.51. The number of nitrogens with one attached hydrogen (secondary N) is 1. The van der Waals surface area contributed by atoms with Gasteiger partial charge in [0, 0.05) is 17.8 Å². The maximum Gasteiger partial charge on any atom is 0.271 e. The normalized spacial score (nSPS) is 11.7. The number of phenols is 1. The van der Waals surface area contributed by atoms with Crippen molar-refractivity contribution in [1.29, 1.82) is 0 Å². The lowest BCUT2D eigenvalue weighted by atomic mass is 10.1. The number of aromatic nitrogens is 3. The average molecular weight is 419 g/mol. The number of rotatable bonds is 5. The zero-order chi connectivity index (χ0) is 19.0. The Morgan fingerprint density at radius 1 is 1.19 bits per heavy atom. The summed E-state index contributed by atoms with van der Waals surface area (Å²) < 4.78 is 29.7. The smallest absolute Gasteiger partial charge is 0.271 e. The van der Waals surface area contributed by atoms with E-state index in [1.807, 2.05) is 0 Å². The summed E-state index contributed by atoms with van der Waals surface area (Å²) in [4.78, 5) is 4.61. The maximum atomic E-state index is 12.7. The van der Waals surface area contributed by atoms with Crippen molar-refractivity contribution >= 4 is 49.6 Å². The van der Waals surface area contributed by atoms with E-state index in [9.17, 15) is 13.5 Å². The monoisotopic (exact) mass is 418 g/mol. The van der Waals surface area contributed by atoms with Crippen LogP contribution in [-0.4, -0.2) is 28.3 Å². The Hall–Kier alpha value is -2.56. The largest absolute Gasteiger partial charge is 0.506 e. The van der Waals surface area contributed by atoms with Crippen LogP contribution in [0.1, 0.15) is 0 Å². The quantitative estimate of drug-likeness (QED) is 0.480. The number of anilines is 1. The van der Waals surface area contributed by atoms with Crippen molar-refractivity contribution in [3.63, 3.8) is 0 Å². The molecule has 138 valence electrons. The highest BCUT2D eigenvalue weighted by Crippen LogP contribution is 2.42. The lowest BCUT2D eigenvalue weighted by Gasteiger charge is -2.13. The number of benzene rings is 2. The molecule has 2 aromatic carbocycles. The summed E-state index contributed by atoms with van der Waals surface area (Å²) in [6.07, 6.45) is 1.56. The number of aryl methyl sites for hydroxylation is 1. The van der Waals surface area contributed by atoms with Gasteiger partial charge in [0.1, 0.15) is 16.3 Å². The number of hydrogen-bond acceptors (Lipinski definition) is 7. The summed E-state index contributed by atoms with van der Waals surface area (Å²) in [6.45, 7) is 0. The van der Waals surface area contributed by atoms with Crippen LogP contribution >= 0.6 is 23.1 Å². The Kier molecular flexibility index (Phi) is 4.54. The van der Waals surface area contributed by atoms with Gasteiger partial charge in [-0.25, -0.2) is 13.4 Å². The summed E-state index contributed by atoms with van der Waals surface area (Å²) in [6, 6.07) is 11.9. The van der Waals surface area contributed by atoms with Crippen molar-refractivity contribution in [2.24, 2.45) is 7.05 Å². The predicted molar refractivity (Wildman–Crippen MR) is 106 cm³/mol. The number of fused-ring (bicyclic) bond motifs is 1. The van der Waals surface area contributed by atoms with Crippen molar-refractivity contribution in [2.75, 3.05) is 4.72 Å². The minimum atomic E-state index is -3.72. The molecule has 0 aliphatic rings. The molecule has 0 amide bonds. The van der Waals surface area contributed by atoms with Gasteiger partial charge in [0.2, 0.25) is 5.16 Å². The van der Waals surface area contributed by atoms with Crippen molar-refractivity contribution in [3.05, 3.63) is 54.2 Å². The van der Waals surface area contributed by atoms with Crippen molar-refractivity contribution < 1.29 is 13.5 Å². The number of hydrogen-bond donors (Lipinski definition) is 2. The molecule has 0 bridgehead atoms. The molecule has 0 spiro atoms. The highest BCUT2D eigenvalue weighted by Gasteiger charge is 2.20. The maximum absolute atomic E-state index is 12.7. The van der Waals surface area contributed by atoms with E-state index in [1.54, 1.807) is 65.9 Å². The Morgan fingerprint density at radius 2 is 1.96 bits per heavy atom.